The number of sulfonamides is 1. The number of hydrogen-bond acceptors (Lipinski definition) is 5. The Morgan fingerprint density at radius 2 is 2.07 bits per heavy atom. The van der Waals surface area contributed by atoms with Gasteiger partial charge in [0.2, 0.25) is 10.0 Å². The van der Waals surface area contributed by atoms with Crippen LogP contribution in [0.1, 0.15) is 28.7 Å². The third kappa shape index (κ3) is 3.42. The second kappa shape index (κ2) is 6.94. The Kier molecular flexibility index (Phi) is 4.61. The molecular weight excluding hydrogens is 382 g/mol. The molecule has 0 bridgehead atoms. The molecule has 6 nitrogen and oxygen atoms in total. The summed E-state index contributed by atoms with van der Waals surface area (Å²) in [6, 6.07) is 13.0. The van der Waals surface area contributed by atoms with E-state index in [-0.39, 0.29) is 11.7 Å². The van der Waals surface area contributed by atoms with Gasteiger partial charge in [0.25, 0.3) is 5.91 Å². The smallest absolute Gasteiger partial charge is 0.284 e. The first-order chi connectivity index (χ1) is 13.0. The normalized spacial score (nSPS) is 14.2. The van der Waals surface area contributed by atoms with Crippen molar-refractivity contribution >= 4 is 48.9 Å². The fourth-order valence-electron chi connectivity index (χ4n) is 3.24. The summed E-state index contributed by atoms with van der Waals surface area (Å²) in [6.45, 7) is 2.15. The second-order valence-electron chi connectivity index (χ2n) is 6.36. The number of fused-ring (bicyclic) bond motifs is 2. The van der Waals surface area contributed by atoms with Crippen LogP contribution in [0.3, 0.4) is 0 Å². The summed E-state index contributed by atoms with van der Waals surface area (Å²) in [5, 5.41) is 3.28. The largest absolute Gasteiger partial charge is 0.320 e. The average molecular weight is 402 g/mol. The van der Waals surface area contributed by atoms with Crippen LogP contribution in [0.4, 0.5) is 11.4 Å². The van der Waals surface area contributed by atoms with Gasteiger partial charge < -0.3 is 5.32 Å². The van der Waals surface area contributed by atoms with Crippen LogP contribution < -0.4 is 9.62 Å². The van der Waals surface area contributed by atoms with Gasteiger partial charge >= 0.3 is 0 Å². The molecule has 2 aromatic carbocycles. The number of aromatic nitrogens is 1. The lowest BCUT2D eigenvalue weighted by atomic mass is 10.0. The number of aryl methyl sites for hydroxylation is 1. The summed E-state index contributed by atoms with van der Waals surface area (Å²) in [5.74, 6) is -0.187. The minimum Gasteiger partial charge on any atom is -0.320 e. The maximum Gasteiger partial charge on any atom is 0.284 e. The summed E-state index contributed by atoms with van der Waals surface area (Å²) >= 11 is 1.35. The van der Waals surface area contributed by atoms with Gasteiger partial charge in [0.05, 0.1) is 21.7 Å². The van der Waals surface area contributed by atoms with E-state index in [9.17, 15) is 13.2 Å². The Balaban J connectivity index is 1.59. The Morgan fingerprint density at radius 1 is 1.26 bits per heavy atom. The Labute approximate surface area is 161 Å². The summed E-state index contributed by atoms with van der Waals surface area (Å²) in [5.41, 5.74) is 3.09. The van der Waals surface area contributed by atoms with Crippen LogP contribution in [0.15, 0.2) is 42.5 Å². The van der Waals surface area contributed by atoms with Gasteiger partial charge in [-0.1, -0.05) is 12.1 Å². The van der Waals surface area contributed by atoms with Crippen LogP contribution in [0.2, 0.25) is 0 Å². The van der Waals surface area contributed by atoms with Crippen molar-refractivity contribution in [2.75, 3.05) is 21.9 Å². The fourth-order valence-corrected chi connectivity index (χ4v) is 5.30. The monoisotopic (exact) mass is 401 g/mol. The molecule has 0 fully saturated rings. The Hall–Kier alpha value is -2.45. The van der Waals surface area contributed by atoms with E-state index in [1.54, 1.807) is 19.1 Å². The van der Waals surface area contributed by atoms with Gasteiger partial charge in [0.1, 0.15) is 0 Å². The number of carbonyl (C=O) groups is 1. The number of hydrogen-bond donors (Lipinski definition) is 1. The number of anilines is 2. The number of nitrogens with zero attached hydrogens (tertiary/aromatic N) is 2. The molecule has 0 spiro atoms. The van der Waals surface area contributed by atoms with Crippen molar-refractivity contribution in [2.24, 2.45) is 0 Å². The number of amides is 1. The van der Waals surface area contributed by atoms with E-state index >= 15 is 0 Å². The molecule has 2 heterocycles. The van der Waals surface area contributed by atoms with Crippen molar-refractivity contribution in [3.63, 3.8) is 0 Å². The first kappa shape index (κ1) is 17.9. The molecule has 140 valence electrons. The SMILES string of the molecule is CCS(=O)(=O)N1CCCc2cc(NC(=O)c3nc4ccccc4s3)ccc21. The minimum atomic E-state index is -3.29. The van der Waals surface area contributed by atoms with E-state index in [4.69, 9.17) is 0 Å². The van der Waals surface area contributed by atoms with Crippen molar-refractivity contribution in [2.45, 2.75) is 19.8 Å². The number of rotatable bonds is 4. The summed E-state index contributed by atoms with van der Waals surface area (Å²) in [4.78, 5) is 16.9. The van der Waals surface area contributed by atoms with Crippen molar-refractivity contribution in [1.82, 2.24) is 4.98 Å². The van der Waals surface area contributed by atoms with Crippen molar-refractivity contribution in [3.05, 3.63) is 53.0 Å². The van der Waals surface area contributed by atoms with Gasteiger partial charge in [-0.15, -0.1) is 11.3 Å². The zero-order chi connectivity index (χ0) is 19.0. The van der Waals surface area contributed by atoms with Gasteiger partial charge in [0.15, 0.2) is 5.01 Å². The maximum absolute atomic E-state index is 12.6. The van der Waals surface area contributed by atoms with Crippen LogP contribution in [-0.4, -0.2) is 31.6 Å². The van der Waals surface area contributed by atoms with Gasteiger partial charge in [0, 0.05) is 12.2 Å². The van der Waals surface area contributed by atoms with Crippen LogP contribution in [0.25, 0.3) is 10.2 Å². The van der Waals surface area contributed by atoms with Gasteiger partial charge in [-0.25, -0.2) is 13.4 Å². The number of nitrogens with one attached hydrogen (secondary N) is 1. The number of benzene rings is 2. The lowest BCUT2D eigenvalue weighted by Gasteiger charge is -2.30. The van der Waals surface area contributed by atoms with E-state index in [1.807, 2.05) is 30.3 Å². The summed E-state index contributed by atoms with van der Waals surface area (Å²) in [7, 11) is -3.29. The van der Waals surface area contributed by atoms with Crippen LogP contribution in [-0.2, 0) is 16.4 Å². The molecule has 27 heavy (non-hydrogen) atoms. The molecule has 8 heteroatoms. The van der Waals surface area contributed by atoms with Crippen LogP contribution in [0, 0.1) is 0 Å². The first-order valence-electron chi connectivity index (χ1n) is 8.78. The molecular formula is C19H19N3O3S2. The van der Waals surface area contributed by atoms with E-state index in [0.29, 0.717) is 22.9 Å². The highest BCUT2D eigenvalue weighted by Crippen LogP contribution is 2.32. The molecule has 0 saturated carbocycles. The van der Waals surface area contributed by atoms with Gasteiger partial charge in [-0.3, -0.25) is 9.10 Å². The van der Waals surface area contributed by atoms with Crippen LogP contribution in [0.5, 0.6) is 0 Å². The van der Waals surface area contributed by atoms with Crippen LogP contribution >= 0.6 is 11.3 Å². The Bertz CT molecular complexity index is 1090. The molecule has 0 aliphatic carbocycles. The zero-order valence-corrected chi connectivity index (χ0v) is 16.4. The molecule has 1 aromatic heterocycles. The number of carbonyl (C=O) groups excluding carboxylic acids is 1. The fraction of sp³-hybridized carbons (Fsp3) is 0.263. The van der Waals surface area contributed by atoms with E-state index in [1.165, 1.54) is 15.6 Å². The topological polar surface area (TPSA) is 79.4 Å². The van der Waals surface area contributed by atoms with Gasteiger partial charge in [-0.05, 0) is 55.7 Å². The predicted molar refractivity (Wildman–Crippen MR) is 109 cm³/mol. The molecule has 0 atom stereocenters. The maximum atomic E-state index is 12.6. The van der Waals surface area contributed by atoms with Crippen molar-refractivity contribution in [1.29, 1.82) is 0 Å². The molecule has 1 aliphatic rings. The molecule has 0 saturated heterocycles. The molecule has 4 rings (SSSR count). The first-order valence-corrected chi connectivity index (χ1v) is 11.2. The number of para-hydroxylation sites is 1. The lowest BCUT2D eigenvalue weighted by molar-refractivity contribution is 0.102. The quantitative estimate of drug-likeness (QED) is 0.724. The Morgan fingerprint density at radius 3 is 2.85 bits per heavy atom. The third-order valence-corrected chi connectivity index (χ3v) is 7.42. The highest BCUT2D eigenvalue weighted by atomic mass is 32.2. The number of thiazole rings is 1. The molecule has 1 N–H and O–H groups in total. The summed E-state index contributed by atoms with van der Waals surface area (Å²) < 4.78 is 27.0. The average Bonchev–Trinajstić information content (AvgIpc) is 3.11. The van der Waals surface area contributed by atoms with Gasteiger partial charge in [-0.2, -0.15) is 0 Å². The second-order valence-corrected chi connectivity index (χ2v) is 9.57. The highest BCUT2D eigenvalue weighted by molar-refractivity contribution is 7.92. The standard InChI is InChI=1S/C19H19N3O3S2/c1-2-27(24,25)22-11-5-6-13-12-14(9-10-16(13)22)20-18(23)19-21-15-7-3-4-8-17(15)26-19/h3-4,7-10,12H,2,5-6,11H2,1H3,(H,20,23). The molecule has 0 unspecified atom stereocenters. The van der Waals surface area contributed by atoms with Crippen molar-refractivity contribution in [3.8, 4) is 0 Å². The summed E-state index contributed by atoms with van der Waals surface area (Å²) in [6.07, 6.45) is 1.55. The third-order valence-electron chi connectivity index (χ3n) is 4.60. The predicted octanol–water partition coefficient (Wildman–Crippen LogP) is 3.65. The highest BCUT2D eigenvalue weighted by Gasteiger charge is 2.26. The van der Waals surface area contributed by atoms with Crippen molar-refractivity contribution < 1.29 is 13.2 Å². The van der Waals surface area contributed by atoms with E-state index in [2.05, 4.69) is 10.3 Å². The molecule has 0 radical (unpaired) electrons. The molecule has 3 aromatic rings. The van der Waals surface area contributed by atoms with E-state index < -0.39 is 10.0 Å². The molecule has 1 amide bonds. The minimum absolute atomic E-state index is 0.0720. The lowest BCUT2D eigenvalue weighted by Crippen LogP contribution is -2.36. The molecule has 1 aliphatic heterocycles. The van der Waals surface area contributed by atoms with E-state index in [0.717, 1.165) is 28.6 Å². The zero-order valence-electron chi connectivity index (χ0n) is 14.8.